The molecule has 2 rings (SSSR count). The number of nitrogens with zero attached hydrogens (tertiary/aromatic N) is 1. The molecule has 0 spiro atoms. The number of β-lactam (4-membered cyclic amide) rings is 1. The molecule has 0 radical (unpaired) electrons. The number of carbonyl (C=O) groups is 2. The van der Waals surface area contributed by atoms with E-state index in [1.54, 1.807) is 6.08 Å². The smallest absolute Gasteiger partial charge is 0.354 e. The van der Waals surface area contributed by atoms with E-state index in [4.69, 9.17) is 45.3 Å². The monoisotopic (exact) mass is 380 g/mol. The molecule has 2 aliphatic rings. The minimum Gasteiger partial charge on any atom is -0.456 e. The van der Waals surface area contributed by atoms with Crippen molar-refractivity contribution < 1.29 is 14.3 Å². The van der Waals surface area contributed by atoms with Crippen LogP contribution in [0.3, 0.4) is 0 Å². The number of ether oxygens (including phenoxy) is 1. The molecule has 0 aromatic rings. The van der Waals surface area contributed by atoms with Gasteiger partial charge in [-0.3, -0.25) is 9.69 Å². The third-order valence-electron chi connectivity index (χ3n) is 2.67. The Morgan fingerprint density at radius 2 is 2.15 bits per heavy atom. The number of nitrogens with two attached hydrogens (primary N) is 1. The standard InChI is InChI=1S/C10H11Cl3N2O3S.ClH/c1-4-2-5(9(17)18-3-10(11,12)13)15-7(16)6(14)8(15)19-4;/h2,4,6,8H,3,14H2,1H3;1H/t4?,6?,8-;/m0./s1. The Morgan fingerprint density at radius 3 is 2.70 bits per heavy atom. The van der Waals surface area contributed by atoms with E-state index in [2.05, 4.69) is 0 Å². The molecular weight excluding hydrogens is 370 g/mol. The highest BCUT2D eigenvalue weighted by Crippen LogP contribution is 2.40. The first kappa shape index (κ1) is 18.2. The molecule has 2 N–H and O–H groups in total. The van der Waals surface area contributed by atoms with Gasteiger partial charge in [-0.05, 0) is 13.0 Å². The zero-order valence-corrected chi connectivity index (χ0v) is 14.1. The number of hydrogen-bond acceptors (Lipinski definition) is 5. The number of alkyl halides is 3. The molecule has 2 heterocycles. The highest BCUT2D eigenvalue weighted by Gasteiger charge is 2.51. The Kier molecular flexibility index (Phi) is 5.92. The Balaban J connectivity index is 0.00000200. The number of carbonyl (C=O) groups excluding carboxylic acids is 2. The zero-order chi connectivity index (χ0) is 14.4. The van der Waals surface area contributed by atoms with Crippen LogP contribution in [0.1, 0.15) is 6.92 Å². The summed E-state index contributed by atoms with van der Waals surface area (Å²) in [4.78, 5) is 24.9. The molecule has 20 heavy (non-hydrogen) atoms. The molecule has 0 bridgehead atoms. The van der Waals surface area contributed by atoms with Gasteiger partial charge in [-0.25, -0.2) is 4.79 Å². The van der Waals surface area contributed by atoms with E-state index in [1.807, 2.05) is 6.92 Å². The summed E-state index contributed by atoms with van der Waals surface area (Å²) >= 11 is 18.0. The van der Waals surface area contributed by atoms with Gasteiger partial charge in [0.25, 0.3) is 0 Å². The number of rotatable bonds is 2. The van der Waals surface area contributed by atoms with Crippen LogP contribution in [0.15, 0.2) is 11.8 Å². The zero-order valence-electron chi connectivity index (χ0n) is 10.2. The second-order valence-corrected chi connectivity index (χ2v) is 8.22. The van der Waals surface area contributed by atoms with E-state index in [1.165, 1.54) is 16.7 Å². The molecule has 3 atom stereocenters. The maximum Gasteiger partial charge on any atom is 0.354 e. The van der Waals surface area contributed by atoms with Gasteiger partial charge < -0.3 is 10.5 Å². The van der Waals surface area contributed by atoms with Crippen LogP contribution in [0.5, 0.6) is 0 Å². The highest BCUT2D eigenvalue weighted by atomic mass is 35.6. The summed E-state index contributed by atoms with van der Waals surface area (Å²) in [5, 5.41) is -0.182. The van der Waals surface area contributed by atoms with Crippen molar-refractivity contribution in [1.29, 1.82) is 0 Å². The lowest BCUT2D eigenvalue weighted by Crippen LogP contribution is -2.68. The fourth-order valence-electron chi connectivity index (χ4n) is 1.84. The van der Waals surface area contributed by atoms with E-state index in [0.717, 1.165) is 0 Å². The predicted octanol–water partition coefficient (Wildman–Crippen LogP) is 1.84. The average molecular weight is 382 g/mol. The summed E-state index contributed by atoms with van der Waals surface area (Å²) in [5.41, 5.74) is 5.85. The summed E-state index contributed by atoms with van der Waals surface area (Å²) in [6.07, 6.45) is 1.64. The van der Waals surface area contributed by atoms with Gasteiger partial charge in [-0.15, -0.1) is 24.2 Å². The Bertz CT molecular complexity index is 454. The van der Waals surface area contributed by atoms with E-state index in [9.17, 15) is 9.59 Å². The number of thioether (sulfide) groups is 1. The molecule has 0 aromatic heterocycles. The van der Waals surface area contributed by atoms with Gasteiger partial charge >= 0.3 is 5.97 Å². The van der Waals surface area contributed by atoms with Crippen molar-refractivity contribution in [3.8, 4) is 0 Å². The second kappa shape index (κ2) is 6.50. The van der Waals surface area contributed by atoms with Gasteiger partial charge in [0, 0.05) is 5.25 Å². The van der Waals surface area contributed by atoms with Gasteiger partial charge in [-0.1, -0.05) is 34.8 Å². The van der Waals surface area contributed by atoms with Crippen molar-refractivity contribution in [2.24, 2.45) is 5.73 Å². The van der Waals surface area contributed by atoms with Gasteiger partial charge in [0.1, 0.15) is 23.7 Å². The molecule has 1 saturated heterocycles. The third kappa shape index (κ3) is 3.67. The fourth-order valence-corrected chi connectivity index (χ4v) is 3.27. The average Bonchev–Trinajstić information content (AvgIpc) is 2.33. The predicted molar refractivity (Wildman–Crippen MR) is 82.2 cm³/mol. The molecule has 0 saturated carbocycles. The quantitative estimate of drug-likeness (QED) is 0.448. The minimum atomic E-state index is -1.68. The van der Waals surface area contributed by atoms with Crippen LogP contribution in [0.4, 0.5) is 0 Å². The lowest BCUT2D eigenvalue weighted by atomic mass is 10.1. The maximum atomic E-state index is 11.9. The van der Waals surface area contributed by atoms with Crippen molar-refractivity contribution in [2.75, 3.05) is 6.61 Å². The van der Waals surface area contributed by atoms with Crippen molar-refractivity contribution in [2.45, 2.75) is 27.4 Å². The molecule has 2 unspecified atom stereocenters. The first-order valence-electron chi connectivity index (χ1n) is 5.40. The summed E-state index contributed by atoms with van der Waals surface area (Å²) in [6, 6.07) is -0.586. The van der Waals surface area contributed by atoms with Crippen LogP contribution in [-0.4, -0.2) is 43.8 Å². The van der Waals surface area contributed by atoms with Gasteiger partial charge in [0.05, 0.1) is 0 Å². The largest absolute Gasteiger partial charge is 0.456 e. The summed E-state index contributed by atoms with van der Waals surface area (Å²) in [6.45, 7) is 1.52. The molecule has 10 heteroatoms. The Labute approximate surface area is 141 Å². The van der Waals surface area contributed by atoms with E-state index in [-0.39, 0.29) is 41.2 Å². The Morgan fingerprint density at radius 1 is 1.55 bits per heavy atom. The van der Waals surface area contributed by atoms with Gasteiger partial charge in [0.2, 0.25) is 9.70 Å². The van der Waals surface area contributed by atoms with Crippen LogP contribution < -0.4 is 5.73 Å². The van der Waals surface area contributed by atoms with Gasteiger partial charge in [0.15, 0.2) is 0 Å². The molecule has 0 aromatic carbocycles. The van der Waals surface area contributed by atoms with Crippen LogP contribution in [-0.2, 0) is 14.3 Å². The number of halogens is 4. The molecule has 5 nitrogen and oxygen atoms in total. The molecular formula is C10H12Cl4N2O3S. The van der Waals surface area contributed by atoms with Crippen LogP contribution in [0, 0.1) is 0 Å². The Hall–Kier alpha value is 0.150. The topological polar surface area (TPSA) is 72.6 Å². The van der Waals surface area contributed by atoms with Crippen LogP contribution in [0.25, 0.3) is 0 Å². The fraction of sp³-hybridized carbons (Fsp3) is 0.600. The summed E-state index contributed by atoms with van der Waals surface area (Å²) in [7, 11) is 0. The number of fused-ring (bicyclic) bond motifs is 1. The minimum absolute atomic E-state index is 0. The van der Waals surface area contributed by atoms with Crippen molar-refractivity contribution >= 4 is 70.8 Å². The highest BCUT2D eigenvalue weighted by molar-refractivity contribution is 8.00. The molecule has 114 valence electrons. The van der Waals surface area contributed by atoms with Crippen LogP contribution >= 0.6 is 59.0 Å². The SMILES string of the molecule is CC1C=C(C(=O)OCC(Cl)(Cl)Cl)N2C(=O)C(N)[C@@H]2S1.Cl. The second-order valence-electron chi connectivity index (χ2n) is 4.21. The first-order chi connectivity index (χ1) is 8.70. The lowest BCUT2D eigenvalue weighted by Gasteiger charge is -2.48. The molecule has 0 aliphatic carbocycles. The van der Waals surface area contributed by atoms with Crippen molar-refractivity contribution in [3.05, 3.63) is 11.8 Å². The third-order valence-corrected chi connectivity index (χ3v) is 4.34. The molecule has 2 aliphatic heterocycles. The summed E-state index contributed by atoms with van der Waals surface area (Å²) < 4.78 is 3.20. The van der Waals surface area contributed by atoms with E-state index >= 15 is 0 Å². The van der Waals surface area contributed by atoms with E-state index < -0.39 is 15.8 Å². The number of hydrogen-bond donors (Lipinski definition) is 1. The molecule has 1 fully saturated rings. The summed E-state index contributed by atoms with van der Waals surface area (Å²) in [5.74, 6) is -0.995. The number of esters is 1. The normalized spacial score (nSPS) is 28.9. The van der Waals surface area contributed by atoms with Gasteiger partial charge in [-0.2, -0.15) is 0 Å². The van der Waals surface area contributed by atoms with Crippen molar-refractivity contribution in [1.82, 2.24) is 4.90 Å². The molecule has 1 amide bonds. The van der Waals surface area contributed by atoms with Crippen LogP contribution in [0.2, 0.25) is 0 Å². The lowest BCUT2D eigenvalue weighted by molar-refractivity contribution is -0.150. The maximum absolute atomic E-state index is 11.9. The first-order valence-corrected chi connectivity index (χ1v) is 7.48. The van der Waals surface area contributed by atoms with Crippen molar-refractivity contribution in [3.63, 3.8) is 0 Å². The van der Waals surface area contributed by atoms with E-state index in [0.29, 0.717) is 0 Å². The number of amides is 1.